The number of aryl methyl sites for hydroxylation is 1. The van der Waals surface area contributed by atoms with Crippen molar-refractivity contribution < 1.29 is 14.4 Å². The fourth-order valence-corrected chi connectivity index (χ4v) is 3.00. The molecule has 0 unspecified atom stereocenters. The number of hydrogen-bond donors (Lipinski definition) is 1. The average Bonchev–Trinajstić information content (AvgIpc) is 3.44. The summed E-state index contributed by atoms with van der Waals surface area (Å²) >= 11 is 0. The zero-order chi connectivity index (χ0) is 17.1. The maximum atomic E-state index is 12.2. The number of nitrogens with one attached hydrogen (secondary N) is 1. The molecular formula is C18H23N3O3. The van der Waals surface area contributed by atoms with Gasteiger partial charge in [-0.2, -0.15) is 0 Å². The third-order valence-corrected chi connectivity index (χ3v) is 4.66. The molecule has 0 aromatic heterocycles. The summed E-state index contributed by atoms with van der Waals surface area (Å²) in [4.78, 5) is 39.4. The van der Waals surface area contributed by atoms with E-state index >= 15 is 0 Å². The second-order valence-electron chi connectivity index (χ2n) is 6.48. The molecule has 1 aromatic rings. The number of nitrogens with zero attached hydrogens (tertiary/aromatic N) is 2. The van der Waals surface area contributed by atoms with Gasteiger partial charge in [0, 0.05) is 37.8 Å². The molecule has 1 aromatic carbocycles. The Balaban J connectivity index is 1.46. The topological polar surface area (TPSA) is 69.7 Å². The van der Waals surface area contributed by atoms with E-state index in [1.54, 1.807) is 4.90 Å². The highest BCUT2D eigenvalue weighted by molar-refractivity contribution is 6.37. The molecule has 6 heteroatoms. The Bertz CT molecular complexity index is 647. The maximum absolute atomic E-state index is 12.2. The first kappa shape index (κ1) is 16.5. The Morgan fingerprint density at radius 3 is 2.38 bits per heavy atom. The number of piperazine rings is 1. The molecule has 1 heterocycles. The number of benzene rings is 1. The first-order valence-electron chi connectivity index (χ1n) is 8.46. The molecule has 0 radical (unpaired) electrons. The van der Waals surface area contributed by atoms with Crippen molar-refractivity contribution in [1.29, 1.82) is 0 Å². The van der Waals surface area contributed by atoms with E-state index in [1.807, 2.05) is 12.1 Å². The van der Waals surface area contributed by atoms with Crippen LogP contribution in [0.1, 0.15) is 18.4 Å². The van der Waals surface area contributed by atoms with Crippen LogP contribution >= 0.6 is 0 Å². The molecule has 3 rings (SSSR count). The molecule has 1 saturated heterocycles. The lowest BCUT2D eigenvalue weighted by molar-refractivity contribution is -0.140. The summed E-state index contributed by atoms with van der Waals surface area (Å²) in [6, 6.07) is 8.21. The molecule has 2 fully saturated rings. The number of carbonyl (C=O) groups excluding carboxylic acids is 3. The third kappa shape index (κ3) is 3.75. The second-order valence-corrected chi connectivity index (χ2v) is 6.48. The van der Waals surface area contributed by atoms with Gasteiger partial charge in [0.25, 0.3) is 5.91 Å². The summed E-state index contributed by atoms with van der Waals surface area (Å²) in [6.45, 7) is 4.78. The molecule has 1 aliphatic carbocycles. The molecular weight excluding hydrogens is 306 g/mol. The van der Waals surface area contributed by atoms with Gasteiger partial charge in [-0.1, -0.05) is 18.2 Å². The van der Waals surface area contributed by atoms with Gasteiger partial charge in [0.2, 0.25) is 11.7 Å². The molecule has 128 valence electrons. The van der Waals surface area contributed by atoms with Crippen LogP contribution in [0.2, 0.25) is 0 Å². The van der Waals surface area contributed by atoms with Crippen LogP contribution in [0.3, 0.4) is 0 Å². The Kier molecular flexibility index (Phi) is 4.83. The van der Waals surface area contributed by atoms with Gasteiger partial charge in [0.05, 0.1) is 6.54 Å². The Morgan fingerprint density at radius 2 is 1.75 bits per heavy atom. The van der Waals surface area contributed by atoms with Crippen LogP contribution in [0.25, 0.3) is 0 Å². The van der Waals surface area contributed by atoms with E-state index in [0.29, 0.717) is 13.1 Å². The zero-order valence-corrected chi connectivity index (χ0v) is 14.0. The molecule has 6 nitrogen and oxygen atoms in total. The first-order valence-corrected chi connectivity index (χ1v) is 8.46. The summed E-state index contributed by atoms with van der Waals surface area (Å²) in [5, 5.41) is 2.46. The van der Waals surface area contributed by atoms with E-state index in [1.165, 1.54) is 11.3 Å². The molecule has 1 saturated carbocycles. The number of rotatable bonds is 5. The first-order chi connectivity index (χ1) is 11.6. The highest BCUT2D eigenvalue weighted by atomic mass is 16.2. The Labute approximate surface area is 141 Å². The van der Waals surface area contributed by atoms with Gasteiger partial charge in [-0.3, -0.25) is 14.4 Å². The number of ketones is 1. The number of anilines is 1. The van der Waals surface area contributed by atoms with E-state index in [-0.39, 0.29) is 24.2 Å². The van der Waals surface area contributed by atoms with Gasteiger partial charge in [0.15, 0.2) is 0 Å². The molecule has 0 bridgehead atoms. The van der Waals surface area contributed by atoms with Crippen molar-refractivity contribution in [1.82, 2.24) is 10.2 Å². The monoisotopic (exact) mass is 329 g/mol. The fourth-order valence-electron chi connectivity index (χ4n) is 3.00. The minimum Gasteiger partial charge on any atom is -0.368 e. The van der Waals surface area contributed by atoms with Crippen molar-refractivity contribution in [3.8, 4) is 0 Å². The van der Waals surface area contributed by atoms with Crippen LogP contribution < -0.4 is 10.2 Å². The third-order valence-electron chi connectivity index (χ3n) is 4.66. The minimum atomic E-state index is -0.621. The second kappa shape index (κ2) is 7.03. The molecule has 0 atom stereocenters. The summed E-state index contributed by atoms with van der Waals surface area (Å²) in [6.07, 6.45) is 1.59. The molecule has 1 aliphatic heterocycles. The Morgan fingerprint density at radius 1 is 1.08 bits per heavy atom. The van der Waals surface area contributed by atoms with Gasteiger partial charge in [-0.25, -0.2) is 0 Å². The van der Waals surface area contributed by atoms with E-state index < -0.39 is 5.91 Å². The van der Waals surface area contributed by atoms with Gasteiger partial charge in [-0.05, 0) is 31.4 Å². The van der Waals surface area contributed by atoms with Crippen molar-refractivity contribution in [3.05, 3.63) is 29.8 Å². The number of Topliss-reactive ketones (excluding diaryl/α,β-unsaturated/α-hetero) is 1. The van der Waals surface area contributed by atoms with E-state index in [4.69, 9.17) is 0 Å². The van der Waals surface area contributed by atoms with E-state index in [0.717, 1.165) is 25.9 Å². The van der Waals surface area contributed by atoms with Gasteiger partial charge < -0.3 is 15.1 Å². The van der Waals surface area contributed by atoms with Gasteiger partial charge in [0.1, 0.15) is 0 Å². The predicted octanol–water partition coefficient (Wildman–Crippen LogP) is 0.739. The predicted molar refractivity (Wildman–Crippen MR) is 90.7 cm³/mol. The molecule has 24 heavy (non-hydrogen) atoms. The number of hydrogen-bond acceptors (Lipinski definition) is 4. The van der Waals surface area contributed by atoms with Crippen molar-refractivity contribution in [2.45, 2.75) is 19.8 Å². The smallest absolute Gasteiger partial charge is 0.288 e. The zero-order valence-electron chi connectivity index (χ0n) is 14.0. The van der Waals surface area contributed by atoms with Crippen molar-refractivity contribution in [2.24, 2.45) is 5.92 Å². The summed E-state index contributed by atoms with van der Waals surface area (Å²) in [7, 11) is 0. The van der Waals surface area contributed by atoms with Gasteiger partial charge >= 0.3 is 0 Å². The van der Waals surface area contributed by atoms with Crippen molar-refractivity contribution >= 4 is 23.3 Å². The standard InChI is InChI=1S/C18H23N3O3/c1-13-4-2-3-5-15(13)20-8-10-21(11-9-20)16(22)12-19-18(24)17(23)14-6-7-14/h2-5,14H,6-12H2,1H3,(H,19,24). The van der Waals surface area contributed by atoms with Crippen molar-refractivity contribution in [2.75, 3.05) is 37.6 Å². The summed E-state index contributed by atoms with van der Waals surface area (Å²) < 4.78 is 0. The molecule has 2 aliphatic rings. The summed E-state index contributed by atoms with van der Waals surface area (Å²) in [5.74, 6) is -1.24. The van der Waals surface area contributed by atoms with Crippen molar-refractivity contribution in [3.63, 3.8) is 0 Å². The summed E-state index contributed by atoms with van der Waals surface area (Å²) in [5.41, 5.74) is 2.43. The molecule has 2 amide bonds. The fraction of sp³-hybridized carbons (Fsp3) is 0.500. The molecule has 0 spiro atoms. The lowest BCUT2D eigenvalue weighted by atomic mass is 10.1. The van der Waals surface area contributed by atoms with Crippen LogP contribution in [-0.2, 0) is 14.4 Å². The largest absolute Gasteiger partial charge is 0.368 e. The van der Waals surface area contributed by atoms with E-state index in [9.17, 15) is 14.4 Å². The quantitative estimate of drug-likeness (QED) is 0.809. The lowest BCUT2D eigenvalue weighted by Crippen LogP contribution is -2.51. The normalized spacial score (nSPS) is 17.5. The SMILES string of the molecule is Cc1ccccc1N1CCN(C(=O)CNC(=O)C(=O)C2CC2)CC1. The number of amides is 2. The van der Waals surface area contributed by atoms with Crippen LogP contribution in [0.5, 0.6) is 0 Å². The van der Waals surface area contributed by atoms with Crippen LogP contribution in [0.4, 0.5) is 5.69 Å². The highest BCUT2D eigenvalue weighted by Crippen LogP contribution is 2.29. The van der Waals surface area contributed by atoms with Crippen LogP contribution in [0.15, 0.2) is 24.3 Å². The molecule has 1 N–H and O–H groups in total. The average molecular weight is 329 g/mol. The van der Waals surface area contributed by atoms with E-state index in [2.05, 4.69) is 29.3 Å². The highest BCUT2D eigenvalue weighted by Gasteiger charge is 2.34. The lowest BCUT2D eigenvalue weighted by Gasteiger charge is -2.36. The van der Waals surface area contributed by atoms with Crippen LogP contribution in [-0.4, -0.2) is 55.2 Å². The maximum Gasteiger partial charge on any atom is 0.288 e. The number of carbonyl (C=O) groups is 3. The van der Waals surface area contributed by atoms with Gasteiger partial charge in [-0.15, -0.1) is 0 Å². The number of para-hydroxylation sites is 1. The Hall–Kier alpha value is -2.37. The minimum absolute atomic E-state index is 0.0956. The van der Waals surface area contributed by atoms with Crippen LogP contribution in [0, 0.1) is 12.8 Å².